The molecule has 0 aliphatic carbocycles. The molecular formula is C12H11Cl2N3O2. The van der Waals surface area contributed by atoms with Crippen molar-refractivity contribution >= 4 is 34.9 Å². The lowest BCUT2D eigenvalue weighted by Crippen LogP contribution is -2.30. The summed E-state index contributed by atoms with van der Waals surface area (Å²) in [4.78, 5) is 11.8. The number of hydrogen-bond donors (Lipinski definition) is 2. The Labute approximate surface area is 119 Å². The van der Waals surface area contributed by atoms with Crippen molar-refractivity contribution in [2.45, 2.75) is 13.0 Å². The third kappa shape index (κ3) is 3.87. The average molecular weight is 300 g/mol. The van der Waals surface area contributed by atoms with Gasteiger partial charge in [0, 0.05) is 16.1 Å². The van der Waals surface area contributed by atoms with Crippen LogP contribution in [0.1, 0.15) is 6.92 Å². The Bertz CT molecular complexity index is 552. The van der Waals surface area contributed by atoms with Crippen molar-refractivity contribution in [2.24, 2.45) is 0 Å². The van der Waals surface area contributed by atoms with Gasteiger partial charge in [0.1, 0.15) is 11.6 Å². The standard InChI is InChI=1S/C12H11Cl2N3O2/c1-7(12(18)16-11-2-3-15-17-11)19-10-5-8(13)4-9(14)6-10/h2-7H,1H3,(H2,15,16,17,18). The van der Waals surface area contributed by atoms with Gasteiger partial charge in [0.05, 0.1) is 6.20 Å². The Morgan fingerprint density at radius 3 is 2.63 bits per heavy atom. The summed E-state index contributed by atoms with van der Waals surface area (Å²) in [5.41, 5.74) is 0. The summed E-state index contributed by atoms with van der Waals surface area (Å²) in [6, 6.07) is 6.41. The van der Waals surface area contributed by atoms with Crippen molar-refractivity contribution < 1.29 is 9.53 Å². The van der Waals surface area contributed by atoms with Gasteiger partial charge in [0.25, 0.3) is 5.91 Å². The normalized spacial score (nSPS) is 11.9. The molecule has 1 heterocycles. The first-order chi connectivity index (χ1) is 9.04. The molecule has 0 aliphatic heterocycles. The summed E-state index contributed by atoms with van der Waals surface area (Å²) in [5, 5.41) is 9.87. The monoisotopic (exact) mass is 299 g/mol. The van der Waals surface area contributed by atoms with Gasteiger partial charge in [0.2, 0.25) is 0 Å². The minimum absolute atomic E-state index is 0.305. The number of rotatable bonds is 4. The van der Waals surface area contributed by atoms with E-state index in [1.165, 1.54) is 6.20 Å². The Kier molecular flexibility index (Phi) is 4.29. The zero-order valence-electron chi connectivity index (χ0n) is 9.98. The lowest BCUT2D eigenvalue weighted by Gasteiger charge is -2.14. The largest absolute Gasteiger partial charge is 0.481 e. The second-order valence-electron chi connectivity index (χ2n) is 3.82. The number of nitrogens with one attached hydrogen (secondary N) is 2. The van der Waals surface area contributed by atoms with E-state index in [1.54, 1.807) is 31.2 Å². The van der Waals surface area contributed by atoms with E-state index in [2.05, 4.69) is 15.5 Å². The first-order valence-corrected chi connectivity index (χ1v) is 6.23. The average Bonchev–Trinajstić information content (AvgIpc) is 2.80. The quantitative estimate of drug-likeness (QED) is 0.911. The maximum absolute atomic E-state index is 11.8. The molecule has 0 radical (unpaired) electrons. The first-order valence-electron chi connectivity index (χ1n) is 5.47. The number of benzene rings is 1. The number of hydrogen-bond acceptors (Lipinski definition) is 3. The highest BCUT2D eigenvalue weighted by molar-refractivity contribution is 6.34. The van der Waals surface area contributed by atoms with Crippen molar-refractivity contribution in [2.75, 3.05) is 5.32 Å². The van der Waals surface area contributed by atoms with Crippen molar-refractivity contribution in [3.05, 3.63) is 40.5 Å². The molecule has 100 valence electrons. The number of aromatic nitrogens is 2. The van der Waals surface area contributed by atoms with Crippen LogP contribution < -0.4 is 10.1 Å². The summed E-state index contributed by atoms with van der Waals surface area (Å²) >= 11 is 11.7. The second kappa shape index (κ2) is 5.95. The van der Waals surface area contributed by atoms with Gasteiger partial charge in [-0.2, -0.15) is 5.10 Å². The molecule has 2 rings (SSSR count). The smallest absolute Gasteiger partial charge is 0.266 e. The zero-order chi connectivity index (χ0) is 13.8. The van der Waals surface area contributed by atoms with E-state index in [0.29, 0.717) is 21.6 Å². The molecule has 2 aromatic rings. The number of aromatic amines is 1. The highest BCUT2D eigenvalue weighted by Gasteiger charge is 2.15. The van der Waals surface area contributed by atoms with E-state index in [1.807, 2.05) is 0 Å². The van der Waals surface area contributed by atoms with Gasteiger partial charge in [-0.15, -0.1) is 0 Å². The molecule has 1 aromatic carbocycles. The Hall–Kier alpha value is -1.72. The van der Waals surface area contributed by atoms with Crippen molar-refractivity contribution in [1.82, 2.24) is 10.2 Å². The zero-order valence-corrected chi connectivity index (χ0v) is 11.5. The lowest BCUT2D eigenvalue weighted by molar-refractivity contribution is -0.122. The summed E-state index contributed by atoms with van der Waals surface area (Å²) in [6.07, 6.45) is 0.843. The minimum Gasteiger partial charge on any atom is -0.481 e. The van der Waals surface area contributed by atoms with Gasteiger partial charge in [-0.05, 0) is 25.1 Å². The lowest BCUT2D eigenvalue weighted by atomic mass is 10.3. The molecule has 0 fully saturated rings. The highest BCUT2D eigenvalue weighted by Crippen LogP contribution is 2.25. The third-order valence-corrected chi connectivity index (χ3v) is 2.71. The molecule has 5 nitrogen and oxygen atoms in total. The van der Waals surface area contributed by atoms with Gasteiger partial charge in [-0.1, -0.05) is 23.2 Å². The van der Waals surface area contributed by atoms with Gasteiger partial charge in [-0.25, -0.2) is 0 Å². The fraction of sp³-hybridized carbons (Fsp3) is 0.167. The van der Waals surface area contributed by atoms with E-state index in [9.17, 15) is 4.79 Å². The number of ether oxygens (including phenoxy) is 1. The summed E-state index contributed by atoms with van der Waals surface area (Å²) in [6.45, 7) is 1.63. The fourth-order valence-electron chi connectivity index (χ4n) is 1.41. The highest BCUT2D eigenvalue weighted by atomic mass is 35.5. The molecule has 0 aliphatic rings. The first kappa shape index (κ1) is 13.7. The molecule has 7 heteroatoms. The Morgan fingerprint density at radius 1 is 1.37 bits per heavy atom. The van der Waals surface area contributed by atoms with Crippen LogP contribution in [-0.4, -0.2) is 22.2 Å². The molecule has 0 saturated carbocycles. The summed E-state index contributed by atoms with van der Waals surface area (Å²) < 4.78 is 5.47. The number of anilines is 1. The second-order valence-corrected chi connectivity index (χ2v) is 4.70. The van der Waals surface area contributed by atoms with Crippen LogP contribution in [-0.2, 0) is 4.79 Å². The van der Waals surface area contributed by atoms with Gasteiger partial charge >= 0.3 is 0 Å². The number of carbonyl (C=O) groups excluding carboxylic acids is 1. The molecule has 1 aromatic heterocycles. The van der Waals surface area contributed by atoms with Crippen molar-refractivity contribution in [3.63, 3.8) is 0 Å². The molecule has 1 amide bonds. The maximum Gasteiger partial charge on any atom is 0.266 e. The van der Waals surface area contributed by atoms with Crippen LogP contribution in [0.25, 0.3) is 0 Å². The van der Waals surface area contributed by atoms with Crippen LogP contribution in [0.15, 0.2) is 30.5 Å². The predicted octanol–water partition coefficient (Wildman–Crippen LogP) is 3.12. The van der Waals surface area contributed by atoms with Crippen LogP contribution >= 0.6 is 23.2 Å². The molecule has 1 atom stereocenters. The van der Waals surface area contributed by atoms with Crippen molar-refractivity contribution in [3.8, 4) is 5.75 Å². The fourth-order valence-corrected chi connectivity index (χ4v) is 1.92. The third-order valence-electron chi connectivity index (χ3n) is 2.28. The summed E-state index contributed by atoms with van der Waals surface area (Å²) in [7, 11) is 0. The molecule has 19 heavy (non-hydrogen) atoms. The van der Waals surface area contributed by atoms with Crippen LogP contribution in [0.2, 0.25) is 10.0 Å². The molecule has 2 N–H and O–H groups in total. The van der Waals surface area contributed by atoms with Crippen LogP contribution in [0.4, 0.5) is 5.82 Å². The van der Waals surface area contributed by atoms with Gasteiger partial charge in [0.15, 0.2) is 6.10 Å². The van der Waals surface area contributed by atoms with Gasteiger partial charge in [-0.3, -0.25) is 9.89 Å². The molecule has 0 bridgehead atoms. The van der Waals surface area contributed by atoms with E-state index in [0.717, 1.165) is 0 Å². The van der Waals surface area contributed by atoms with Crippen LogP contribution in [0.5, 0.6) is 5.75 Å². The maximum atomic E-state index is 11.8. The van der Waals surface area contributed by atoms with E-state index < -0.39 is 6.10 Å². The summed E-state index contributed by atoms with van der Waals surface area (Å²) in [5.74, 6) is 0.634. The molecule has 0 spiro atoms. The van der Waals surface area contributed by atoms with Gasteiger partial charge < -0.3 is 10.1 Å². The van der Waals surface area contributed by atoms with E-state index in [4.69, 9.17) is 27.9 Å². The van der Waals surface area contributed by atoms with Crippen LogP contribution in [0, 0.1) is 0 Å². The predicted molar refractivity (Wildman–Crippen MR) is 73.8 cm³/mol. The van der Waals surface area contributed by atoms with Crippen LogP contribution in [0.3, 0.4) is 0 Å². The SMILES string of the molecule is CC(Oc1cc(Cl)cc(Cl)c1)C(=O)Nc1ccn[nH]1. The number of nitrogens with zero attached hydrogens (tertiary/aromatic N) is 1. The molecular weight excluding hydrogens is 289 g/mol. The Balaban J connectivity index is 2.00. The number of H-pyrrole nitrogens is 1. The minimum atomic E-state index is -0.696. The topological polar surface area (TPSA) is 67.0 Å². The molecule has 0 saturated heterocycles. The number of amides is 1. The van der Waals surface area contributed by atoms with E-state index >= 15 is 0 Å². The van der Waals surface area contributed by atoms with Crippen molar-refractivity contribution in [1.29, 1.82) is 0 Å². The Morgan fingerprint density at radius 2 is 2.05 bits per heavy atom. The molecule has 1 unspecified atom stereocenters. The number of carbonyl (C=O) groups is 1. The van der Waals surface area contributed by atoms with E-state index in [-0.39, 0.29) is 5.91 Å². The number of halogens is 2.